The number of anilines is 3. The van der Waals surface area contributed by atoms with Gasteiger partial charge in [0, 0.05) is 11.8 Å². The minimum Gasteiger partial charge on any atom is -0.454 e. The summed E-state index contributed by atoms with van der Waals surface area (Å²) in [6.07, 6.45) is 1.58. The van der Waals surface area contributed by atoms with Crippen molar-refractivity contribution < 1.29 is 17.9 Å². The van der Waals surface area contributed by atoms with Crippen molar-refractivity contribution in [3.63, 3.8) is 0 Å². The predicted molar refractivity (Wildman–Crippen MR) is 107 cm³/mol. The van der Waals surface area contributed by atoms with Gasteiger partial charge in [-0.25, -0.2) is 13.4 Å². The third-order valence-electron chi connectivity index (χ3n) is 4.33. The Morgan fingerprint density at radius 3 is 2.57 bits per heavy atom. The van der Waals surface area contributed by atoms with Crippen LogP contribution in [0.4, 0.5) is 17.2 Å². The third kappa shape index (κ3) is 3.72. The minimum absolute atomic E-state index is 0.0798. The number of rotatable bonds is 5. The Bertz CT molecular complexity index is 1130. The Balaban J connectivity index is 1.50. The smallest absolute Gasteiger partial charge is 0.263 e. The summed E-state index contributed by atoms with van der Waals surface area (Å²) >= 11 is 0. The van der Waals surface area contributed by atoms with Crippen LogP contribution in [0, 0.1) is 13.8 Å². The fourth-order valence-corrected chi connectivity index (χ4v) is 3.82. The molecule has 0 bridgehead atoms. The van der Waals surface area contributed by atoms with Gasteiger partial charge in [-0.1, -0.05) is 12.1 Å². The van der Waals surface area contributed by atoms with Crippen LogP contribution in [0.15, 0.2) is 59.6 Å². The molecule has 1 aromatic heterocycles. The molecule has 144 valence electrons. The van der Waals surface area contributed by atoms with Gasteiger partial charge in [-0.2, -0.15) is 0 Å². The Hall–Kier alpha value is -3.26. The summed E-state index contributed by atoms with van der Waals surface area (Å²) in [5.74, 6) is 1.16. The molecule has 0 unspecified atom stereocenters. The molecule has 0 atom stereocenters. The maximum atomic E-state index is 12.6. The van der Waals surface area contributed by atoms with Crippen LogP contribution < -0.4 is 19.5 Å². The van der Waals surface area contributed by atoms with Crippen LogP contribution in [0.1, 0.15) is 11.1 Å². The number of pyridine rings is 1. The van der Waals surface area contributed by atoms with E-state index in [1.807, 2.05) is 32.0 Å². The SMILES string of the molecule is Cc1ccc(C)c(Nc2ccc(NS(=O)(=O)c3ccc4c(c3)OCO4)nc2)c1. The summed E-state index contributed by atoms with van der Waals surface area (Å²) in [6, 6.07) is 14.0. The maximum absolute atomic E-state index is 12.6. The van der Waals surface area contributed by atoms with Crippen molar-refractivity contribution in [1.82, 2.24) is 4.98 Å². The molecule has 0 fully saturated rings. The normalized spacial score (nSPS) is 12.6. The van der Waals surface area contributed by atoms with Gasteiger partial charge in [0.1, 0.15) is 5.82 Å². The average molecular weight is 397 g/mol. The van der Waals surface area contributed by atoms with E-state index in [0.29, 0.717) is 11.5 Å². The summed E-state index contributed by atoms with van der Waals surface area (Å²) in [6.45, 7) is 4.13. The van der Waals surface area contributed by atoms with Crippen LogP contribution in [0.5, 0.6) is 11.5 Å². The van der Waals surface area contributed by atoms with E-state index in [4.69, 9.17) is 9.47 Å². The van der Waals surface area contributed by atoms with E-state index in [9.17, 15) is 8.42 Å². The lowest BCUT2D eigenvalue weighted by atomic mass is 10.1. The third-order valence-corrected chi connectivity index (χ3v) is 5.68. The molecule has 3 aromatic rings. The van der Waals surface area contributed by atoms with Gasteiger partial charge in [-0.15, -0.1) is 0 Å². The van der Waals surface area contributed by atoms with E-state index in [0.717, 1.165) is 22.5 Å². The lowest BCUT2D eigenvalue weighted by molar-refractivity contribution is 0.174. The van der Waals surface area contributed by atoms with Gasteiger partial charge in [-0.3, -0.25) is 4.72 Å². The van der Waals surface area contributed by atoms with Gasteiger partial charge in [0.25, 0.3) is 10.0 Å². The molecule has 2 aromatic carbocycles. The number of hydrogen-bond acceptors (Lipinski definition) is 6. The molecular formula is C20H19N3O4S. The number of aryl methyl sites for hydroxylation is 2. The molecule has 2 heterocycles. The zero-order valence-corrected chi connectivity index (χ0v) is 16.2. The second-order valence-electron chi connectivity index (χ2n) is 6.50. The molecular weight excluding hydrogens is 378 g/mol. The van der Waals surface area contributed by atoms with Gasteiger partial charge < -0.3 is 14.8 Å². The Labute approximate surface area is 163 Å². The first kappa shape index (κ1) is 18.1. The fourth-order valence-electron chi connectivity index (χ4n) is 2.79. The molecule has 0 saturated carbocycles. The van der Waals surface area contributed by atoms with Gasteiger partial charge in [-0.05, 0) is 55.3 Å². The van der Waals surface area contributed by atoms with Crippen LogP contribution in [0.25, 0.3) is 0 Å². The quantitative estimate of drug-likeness (QED) is 0.677. The van der Waals surface area contributed by atoms with Crippen LogP contribution in [-0.4, -0.2) is 20.2 Å². The second kappa shape index (κ2) is 7.05. The molecule has 0 radical (unpaired) electrons. The van der Waals surface area contributed by atoms with Gasteiger partial charge in [0.05, 0.1) is 16.8 Å². The number of hydrogen-bond donors (Lipinski definition) is 2. The first-order chi connectivity index (χ1) is 13.4. The minimum atomic E-state index is -3.79. The first-order valence-electron chi connectivity index (χ1n) is 8.63. The second-order valence-corrected chi connectivity index (χ2v) is 8.18. The number of ether oxygens (including phenoxy) is 2. The molecule has 0 aliphatic carbocycles. The lowest BCUT2D eigenvalue weighted by Gasteiger charge is -2.12. The number of sulfonamides is 1. The highest BCUT2D eigenvalue weighted by molar-refractivity contribution is 7.92. The van der Waals surface area contributed by atoms with Crippen molar-refractivity contribution in [3.8, 4) is 11.5 Å². The molecule has 2 N–H and O–H groups in total. The maximum Gasteiger partial charge on any atom is 0.263 e. The highest BCUT2D eigenvalue weighted by Crippen LogP contribution is 2.34. The van der Waals surface area contributed by atoms with Crippen LogP contribution in [-0.2, 0) is 10.0 Å². The van der Waals surface area contributed by atoms with Crippen molar-refractivity contribution >= 4 is 27.2 Å². The number of benzene rings is 2. The highest BCUT2D eigenvalue weighted by atomic mass is 32.2. The molecule has 0 amide bonds. The van der Waals surface area contributed by atoms with Gasteiger partial charge in [0.2, 0.25) is 6.79 Å². The predicted octanol–water partition coefficient (Wildman–Crippen LogP) is 3.97. The molecule has 7 nitrogen and oxygen atoms in total. The summed E-state index contributed by atoms with van der Waals surface area (Å²) in [5.41, 5.74) is 4.00. The van der Waals surface area contributed by atoms with Crippen LogP contribution >= 0.6 is 0 Å². The Kier molecular flexibility index (Phi) is 4.56. The number of nitrogens with zero attached hydrogens (tertiary/aromatic N) is 1. The van der Waals surface area contributed by atoms with Crippen molar-refractivity contribution in [2.45, 2.75) is 18.7 Å². The summed E-state index contributed by atoms with van der Waals surface area (Å²) < 4.78 is 38.1. The molecule has 1 aliphatic rings. The van der Waals surface area contributed by atoms with E-state index in [2.05, 4.69) is 15.0 Å². The molecule has 4 rings (SSSR count). The fraction of sp³-hybridized carbons (Fsp3) is 0.150. The molecule has 0 saturated heterocycles. The zero-order valence-electron chi connectivity index (χ0n) is 15.4. The summed E-state index contributed by atoms with van der Waals surface area (Å²) in [4.78, 5) is 4.28. The topological polar surface area (TPSA) is 89.5 Å². The molecule has 8 heteroatoms. The lowest BCUT2D eigenvalue weighted by Crippen LogP contribution is -2.13. The highest BCUT2D eigenvalue weighted by Gasteiger charge is 2.20. The van der Waals surface area contributed by atoms with Crippen molar-refractivity contribution in [2.75, 3.05) is 16.8 Å². The number of aromatic nitrogens is 1. The van der Waals surface area contributed by atoms with Crippen LogP contribution in [0.3, 0.4) is 0 Å². The Morgan fingerprint density at radius 1 is 0.964 bits per heavy atom. The largest absolute Gasteiger partial charge is 0.454 e. The van der Waals surface area contributed by atoms with Gasteiger partial charge in [0.15, 0.2) is 11.5 Å². The van der Waals surface area contributed by atoms with E-state index in [-0.39, 0.29) is 17.5 Å². The van der Waals surface area contributed by atoms with E-state index < -0.39 is 10.0 Å². The summed E-state index contributed by atoms with van der Waals surface area (Å²) in [5, 5.41) is 3.29. The van der Waals surface area contributed by atoms with Crippen LogP contribution in [0.2, 0.25) is 0 Å². The first-order valence-corrected chi connectivity index (χ1v) is 10.1. The van der Waals surface area contributed by atoms with E-state index in [1.165, 1.54) is 12.1 Å². The molecule has 28 heavy (non-hydrogen) atoms. The zero-order chi connectivity index (χ0) is 19.7. The van der Waals surface area contributed by atoms with E-state index >= 15 is 0 Å². The standard InChI is InChI=1S/C20H19N3O4S/c1-13-3-4-14(2)17(9-13)22-15-5-8-20(21-11-15)23-28(24,25)16-6-7-18-19(10-16)27-12-26-18/h3-11,22H,12H2,1-2H3,(H,21,23). The van der Waals surface area contributed by atoms with Crippen molar-refractivity contribution in [2.24, 2.45) is 0 Å². The van der Waals surface area contributed by atoms with Gasteiger partial charge >= 0.3 is 0 Å². The van der Waals surface area contributed by atoms with Crippen molar-refractivity contribution in [3.05, 3.63) is 65.9 Å². The van der Waals surface area contributed by atoms with Crippen molar-refractivity contribution in [1.29, 1.82) is 0 Å². The number of nitrogens with one attached hydrogen (secondary N) is 2. The monoisotopic (exact) mass is 397 g/mol. The molecule has 1 aliphatic heterocycles. The molecule has 0 spiro atoms. The number of fused-ring (bicyclic) bond motifs is 1. The van der Waals surface area contributed by atoms with E-state index in [1.54, 1.807) is 24.4 Å². The summed E-state index contributed by atoms with van der Waals surface area (Å²) in [7, 11) is -3.79. The Morgan fingerprint density at radius 2 is 1.79 bits per heavy atom. The average Bonchev–Trinajstić information content (AvgIpc) is 3.14.